The average Bonchev–Trinajstić information content (AvgIpc) is 3.01. The molecule has 0 bridgehead atoms. The molecule has 2 atom stereocenters. The highest BCUT2D eigenvalue weighted by Gasteiger charge is 2.58. The Labute approximate surface area is 180 Å². The Hall–Kier alpha value is -1.70. The zero-order valence-electron chi connectivity index (χ0n) is 18.7. The number of esters is 1. The van der Waals surface area contributed by atoms with Gasteiger partial charge in [-0.1, -0.05) is 23.8 Å². The van der Waals surface area contributed by atoms with E-state index in [1.54, 1.807) is 7.11 Å². The van der Waals surface area contributed by atoms with Gasteiger partial charge >= 0.3 is 5.97 Å². The first-order chi connectivity index (χ1) is 14.4. The van der Waals surface area contributed by atoms with Crippen molar-refractivity contribution < 1.29 is 23.9 Å². The number of carbonyl (C=O) groups excluding carboxylic acids is 2. The number of piperidine rings is 1. The fraction of sp³-hybridized carbons (Fsp3) is 0.739. The average molecular weight is 421 g/mol. The van der Waals surface area contributed by atoms with Crippen LogP contribution in [0.5, 0.6) is 0 Å². The molecule has 7 heteroatoms. The van der Waals surface area contributed by atoms with E-state index in [1.807, 2.05) is 0 Å². The molecule has 3 aliphatic rings. The van der Waals surface area contributed by atoms with E-state index in [2.05, 4.69) is 24.5 Å². The summed E-state index contributed by atoms with van der Waals surface area (Å²) in [6.07, 6.45) is 7.31. The number of hydrogen-bond acceptors (Lipinski definition) is 6. The first-order valence-corrected chi connectivity index (χ1v) is 11.0. The number of hydrogen-bond donors (Lipinski definition) is 0. The van der Waals surface area contributed by atoms with Crippen molar-refractivity contribution in [3.8, 4) is 0 Å². The highest BCUT2D eigenvalue weighted by Crippen LogP contribution is 2.44. The van der Waals surface area contributed by atoms with Crippen LogP contribution in [0.1, 0.15) is 45.4 Å². The van der Waals surface area contributed by atoms with E-state index >= 15 is 0 Å². The molecule has 7 nitrogen and oxygen atoms in total. The molecular formula is C23H36N2O5. The van der Waals surface area contributed by atoms with Gasteiger partial charge in [-0.25, -0.2) is 5.06 Å². The molecule has 168 valence electrons. The van der Waals surface area contributed by atoms with E-state index in [1.165, 1.54) is 29.7 Å². The SMILES string of the molecule is C=C(C)[C@@H]1CC=C(CN2CCC3(CC2)C(C(=O)OC)CC(=O)N3OCCOC)CC1. The fourth-order valence-corrected chi connectivity index (χ4v) is 5.11. The van der Waals surface area contributed by atoms with Crippen LogP contribution in [0.25, 0.3) is 0 Å². The Kier molecular flexibility index (Phi) is 7.71. The number of likely N-dealkylation sites (tertiary alicyclic amines) is 1. The molecule has 1 amide bonds. The minimum Gasteiger partial charge on any atom is -0.469 e. The van der Waals surface area contributed by atoms with Crippen molar-refractivity contribution in [2.75, 3.05) is 47.1 Å². The van der Waals surface area contributed by atoms with Crippen molar-refractivity contribution >= 4 is 11.9 Å². The summed E-state index contributed by atoms with van der Waals surface area (Å²) in [4.78, 5) is 33.4. The molecule has 0 aromatic carbocycles. The van der Waals surface area contributed by atoms with Gasteiger partial charge in [0.05, 0.1) is 31.8 Å². The molecule has 3 rings (SSSR count). The topological polar surface area (TPSA) is 68.3 Å². The summed E-state index contributed by atoms with van der Waals surface area (Å²) in [6.45, 7) is 9.52. The third-order valence-electron chi connectivity index (χ3n) is 7.00. The van der Waals surface area contributed by atoms with E-state index in [4.69, 9.17) is 14.3 Å². The minimum absolute atomic E-state index is 0.143. The predicted octanol–water partition coefficient (Wildman–Crippen LogP) is 2.72. The van der Waals surface area contributed by atoms with Gasteiger partial charge in [0.25, 0.3) is 0 Å². The second-order valence-corrected chi connectivity index (χ2v) is 8.85. The first-order valence-electron chi connectivity index (χ1n) is 11.0. The van der Waals surface area contributed by atoms with Crippen LogP contribution < -0.4 is 0 Å². The van der Waals surface area contributed by atoms with E-state index in [9.17, 15) is 9.59 Å². The Bertz CT molecular complexity index is 681. The monoisotopic (exact) mass is 420 g/mol. The third kappa shape index (κ3) is 4.79. The number of allylic oxidation sites excluding steroid dienone is 2. The summed E-state index contributed by atoms with van der Waals surface area (Å²) < 4.78 is 10.1. The van der Waals surface area contributed by atoms with E-state index in [0.717, 1.165) is 32.5 Å². The largest absolute Gasteiger partial charge is 0.469 e. The maximum Gasteiger partial charge on any atom is 0.311 e. The normalized spacial score (nSPS) is 26.7. The molecular weight excluding hydrogens is 384 g/mol. The summed E-state index contributed by atoms with van der Waals surface area (Å²) >= 11 is 0. The number of rotatable bonds is 8. The smallest absolute Gasteiger partial charge is 0.311 e. The van der Waals surface area contributed by atoms with Crippen LogP contribution in [0.3, 0.4) is 0 Å². The summed E-state index contributed by atoms with van der Waals surface area (Å²) in [5.74, 6) is -0.336. The first kappa shape index (κ1) is 23.0. The van der Waals surface area contributed by atoms with Crippen molar-refractivity contribution in [1.82, 2.24) is 9.96 Å². The summed E-state index contributed by atoms with van der Waals surface area (Å²) in [6, 6.07) is 0. The van der Waals surface area contributed by atoms with E-state index < -0.39 is 11.5 Å². The molecule has 2 heterocycles. The van der Waals surface area contributed by atoms with E-state index in [-0.39, 0.29) is 18.3 Å². The molecule has 2 saturated heterocycles. The molecule has 2 aliphatic heterocycles. The van der Waals surface area contributed by atoms with Crippen LogP contribution in [0.15, 0.2) is 23.8 Å². The lowest BCUT2D eigenvalue weighted by molar-refractivity contribution is -0.226. The van der Waals surface area contributed by atoms with Crippen molar-refractivity contribution in [3.05, 3.63) is 23.8 Å². The molecule has 1 unspecified atom stereocenters. The van der Waals surface area contributed by atoms with Gasteiger partial charge in [-0.05, 0) is 44.9 Å². The number of nitrogens with zero attached hydrogens (tertiary/aromatic N) is 2. The highest BCUT2D eigenvalue weighted by atomic mass is 16.7. The van der Waals surface area contributed by atoms with Gasteiger partial charge in [-0.2, -0.15) is 0 Å². The Morgan fingerprint density at radius 2 is 2.00 bits per heavy atom. The predicted molar refractivity (Wildman–Crippen MR) is 113 cm³/mol. The molecule has 0 saturated carbocycles. The summed E-state index contributed by atoms with van der Waals surface area (Å²) in [5, 5.41) is 1.47. The van der Waals surface area contributed by atoms with Gasteiger partial charge in [-0.3, -0.25) is 19.3 Å². The Morgan fingerprint density at radius 1 is 1.27 bits per heavy atom. The quantitative estimate of drug-likeness (QED) is 0.342. The second kappa shape index (κ2) is 10.1. The van der Waals surface area contributed by atoms with Crippen molar-refractivity contribution in [3.63, 3.8) is 0 Å². The van der Waals surface area contributed by atoms with Crippen LogP contribution in [0.4, 0.5) is 0 Å². The molecule has 0 aromatic rings. The molecule has 30 heavy (non-hydrogen) atoms. The van der Waals surface area contributed by atoms with Crippen molar-refractivity contribution in [1.29, 1.82) is 0 Å². The molecule has 0 radical (unpaired) electrons. The van der Waals surface area contributed by atoms with Gasteiger partial charge in [0.1, 0.15) is 0 Å². The van der Waals surface area contributed by atoms with Gasteiger partial charge < -0.3 is 9.47 Å². The Morgan fingerprint density at radius 3 is 2.57 bits per heavy atom. The van der Waals surface area contributed by atoms with Crippen molar-refractivity contribution in [2.24, 2.45) is 11.8 Å². The lowest BCUT2D eigenvalue weighted by atomic mass is 9.77. The van der Waals surface area contributed by atoms with Crippen molar-refractivity contribution in [2.45, 2.75) is 51.0 Å². The van der Waals surface area contributed by atoms with Crippen LogP contribution >= 0.6 is 0 Å². The maximum absolute atomic E-state index is 12.7. The van der Waals surface area contributed by atoms with Crippen LogP contribution in [-0.4, -0.2) is 74.4 Å². The number of ether oxygens (including phenoxy) is 2. The molecule has 1 spiro atoms. The van der Waals surface area contributed by atoms with Gasteiger partial charge in [0.15, 0.2) is 0 Å². The number of amides is 1. The fourth-order valence-electron chi connectivity index (χ4n) is 5.11. The molecule has 1 aliphatic carbocycles. The number of methoxy groups -OCH3 is 2. The standard InChI is InChI=1S/C23H36N2O5/c1-17(2)19-7-5-18(6-8-19)16-24-11-9-23(10-12-24)20(22(27)29-4)15-21(26)25(23)30-14-13-28-3/h5,19-20H,1,6-16H2,2-4H3/t19-,20?/m1/s1. The van der Waals surface area contributed by atoms with Crippen LogP contribution in [-0.2, 0) is 23.9 Å². The zero-order valence-corrected chi connectivity index (χ0v) is 18.7. The lowest BCUT2D eigenvalue weighted by Gasteiger charge is -2.46. The molecule has 0 aromatic heterocycles. The van der Waals surface area contributed by atoms with Gasteiger partial charge in [-0.15, -0.1) is 0 Å². The zero-order chi connectivity index (χ0) is 21.7. The number of hydroxylamine groups is 2. The Balaban J connectivity index is 1.65. The maximum atomic E-state index is 12.7. The van der Waals surface area contributed by atoms with Crippen LogP contribution in [0, 0.1) is 11.8 Å². The molecule has 0 N–H and O–H groups in total. The van der Waals surface area contributed by atoms with Crippen LogP contribution in [0.2, 0.25) is 0 Å². The van der Waals surface area contributed by atoms with Gasteiger partial charge in [0, 0.05) is 33.2 Å². The second-order valence-electron chi connectivity index (χ2n) is 8.85. The summed E-state index contributed by atoms with van der Waals surface area (Å²) in [7, 11) is 2.98. The molecule has 2 fully saturated rings. The minimum atomic E-state index is -0.625. The van der Waals surface area contributed by atoms with Gasteiger partial charge in [0.2, 0.25) is 5.91 Å². The number of carbonyl (C=O) groups is 2. The third-order valence-corrected chi connectivity index (χ3v) is 7.00. The summed E-state index contributed by atoms with van der Waals surface area (Å²) in [5.41, 5.74) is 2.14. The lowest BCUT2D eigenvalue weighted by Crippen LogP contribution is -2.57. The van der Waals surface area contributed by atoms with E-state index in [0.29, 0.717) is 32.0 Å². The highest BCUT2D eigenvalue weighted by molar-refractivity contribution is 5.88.